The van der Waals surface area contributed by atoms with Crippen molar-refractivity contribution in [2.75, 3.05) is 6.54 Å². The van der Waals surface area contributed by atoms with E-state index in [9.17, 15) is 24.8 Å². The largest absolute Gasteiger partial charge is 0.493 e. The number of non-ortho nitro benzene ring substituents is 1. The Labute approximate surface area is 212 Å². The van der Waals surface area contributed by atoms with Crippen LogP contribution >= 0.6 is 0 Å². The van der Waals surface area contributed by atoms with Crippen LogP contribution in [0.4, 0.5) is 5.69 Å². The van der Waals surface area contributed by atoms with E-state index in [1.807, 2.05) is 24.3 Å². The maximum atomic E-state index is 13.5. The van der Waals surface area contributed by atoms with Gasteiger partial charge in [0.1, 0.15) is 5.69 Å². The number of carbonyl (C=O) groups excluding carboxylic acids is 1. The average Bonchev–Trinajstić information content (AvgIpc) is 3.58. The summed E-state index contributed by atoms with van der Waals surface area (Å²) in [6, 6.07) is 16.6. The molecule has 9 nitrogen and oxygen atoms in total. The first-order valence-corrected chi connectivity index (χ1v) is 12.5. The second-order valence-electron chi connectivity index (χ2n) is 9.77. The van der Waals surface area contributed by atoms with Crippen LogP contribution in [0.1, 0.15) is 59.9 Å². The predicted octanol–water partition coefficient (Wildman–Crippen LogP) is 4.89. The molecule has 0 spiro atoms. The Kier molecular flexibility index (Phi) is 5.36. The lowest BCUT2D eigenvalue weighted by molar-refractivity contribution is -0.383. The van der Waals surface area contributed by atoms with Crippen LogP contribution in [0.15, 0.2) is 65.5 Å². The van der Waals surface area contributed by atoms with Gasteiger partial charge >= 0.3 is 5.69 Å². The molecule has 2 atom stereocenters. The number of benzene rings is 3. The molecule has 1 N–H and O–H groups in total. The van der Waals surface area contributed by atoms with Crippen molar-refractivity contribution >= 4 is 22.4 Å². The lowest BCUT2D eigenvalue weighted by atomic mass is 10.1. The molecule has 0 aliphatic carbocycles. The first kappa shape index (κ1) is 23.0. The van der Waals surface area contributed by atoms with E-state index >= 15 is 0 Å². The summed E-state index contributed by atoms with van der Waals surface area (Å²) >= 11 is 0. The van der Waals surface area contributed by atoms with Crippen LogP contribution in [-0.2, 0) is 6.42 Å². The molecular weight excluding hydrogens is 472 g/mol. The van der Waals surface area contributed by atoms with Gasteiger partial charge in [0.2, 0.25) is 5.88 Å². The summed E-state index contributed by atoms with van der Waals surface area (Å²) in [4.78, 5) is 39.7. The number of rotatable bonds is 6. The second-order valence-corrected chi connectivity index (χ2v) is 9.77. The highest BCUT2D eigenvalue weighted by Gasteiger charge is 2.49. The Hall–Kier alpha value is -4.40. The van der Waals surface area contributed by atoms with Crippen molar-refractivity contribution in [3.8, 4) is 11.6 Å². The Bertz CT molecular complexity index is 1620. The lowest BCUT2D eigenvalue weighted by Crippen LogP contribution is -2.37. The maximum Gasteiger partial charge on any atom is 0.336 e. The fraction of sp³-hybridized carbons (Fsp3) is 0.286. The number of nitro benzene ring substituents is 1. The van der Waals surface area contributed by atoms with E-state index in [2.05, 4.69) is 6.92 Å². The highest BCUT2D eigenvalue weighted by atomic mass is 16.6. The number of aromatic hydroxyl groups is 1. The number of aryl methyl sites for hydroxylation is 1. The smallest absolute Gasteiger partial charge is 0.336 e. The summed E-state index contributed by atoms with van der Waals surface area (Å²) < 4.78 is 2.78. The third-order valence-electron chi connectivity index (χ3n) is 7.65. The molecule has 3 aromatic carbocycles. The predicted molar refractivity (Wildman–Crippen MR) is 138 cm³/mol. The van der Waals surface area contributed by atoms with Gasteiger partial charge in [-0.2, -0.15) is 0 Å². The molecule has 1 saturated heterocycles. The Morgan fingerprint density at radius 2 is 1.81 bits per heavy atom. The van der Waals surface area contributed by atoms with Gasteiger partial charge in [0.05, 0.1) is 28.1 Å². The van der Waals surface area contributed by atoms with E-state index in [1.54, 1.807) is 33.7 Å². The quantitative estimate of drug-likeness (QED) is 0.301. The zero-order chi connectivity index (χ0) is 25.8. The number of carbonyl (C=O) groups is 1. The summed E-state index contributed by atoms with van der Waals surface area (Å²) in [6.07, 6.45) is 3.75. The van der Waals surface area contributed by atoms with Gasteiger partial charge in [0, 0.05) is 23.6 Å². The fourth-order valence-corrected chi connectivity index (χ4v) is 5.87. The number of unbranched alkanes of at least 4 members (excludes halogenated alkanes) is 1. The van der Waals surface area contributed by atoms with Crippen LogP contribution in [0.25, 0.3) is 16.5 Å². The molecule has 6 rings (SSSR count). The molecule has 1 fully saturated rings. The minimum absolute atomic E-state index is 0.0730. The molecule has 37 heavy (non-hydrogen) atoms. The number of aromatic nitrogens is 2. The molecule has 2 unspecified atom stereocenters. The monoisotopic (exact) mass is 498 g/mol. The fourth-order valence-electron chi connectivity index (χ4n) is 5.87. The van der Waals surface area contributed by atoms with Gasteiger partial charge in [-0.1, -0.05) is 43.7 Å². The van der Waals surface area contributed by atoms with E-state index < -0.39 is 16.7 Å². The van der Waals surface area contributed by atoms with Gasteiger partial charge in [-0.05, 0) is 49.1 Å². The second kappa shape index (κ2) is 8.62. The molecule has 0 radical (unpaired) electrons. The Balaban J connectivity index is 1.38. The summed E-state index contributed by atoms with van der Waals surface area (Å²) in [5.41, 5.74) is 2.08. The van der Waals surface area contributed by atoms with Gasteiger partial charge in [-0.25, -0.2) is 9.36 Å². The molecule has 4 aromatic rings. The first-order valence-electron chi connectivity index (χ1n) is 12.5. The third kappa shape index (κ3) is 3.45. The zero-order valence-corrected chi connectivity index (χ0v) is 20.3. The van der Waals surface area contributed by atoms with Gasteiger partial charge < -0.3 is 10.0 Å². The van der Waals surface area contributed by atoms with Crippen molar-refractivity contribution in [2.45, 2.75) is 44.7 Å². The van der Waals surface area contributed by atoms with Gasteiger partial charge in [-0.15, -0.1) is 0 Å². The summed E-state index contributed by atoms with van der Waals surface area (Å²) in [5, 5.41) is 23.7. The summed E-state index contributed by atoms with van der Waals surface area (Å²) in [5.74, 6) is -0.356. The van der Waals surface area contributed by atoms with E-state index in [0.717, 1.165) is 19.3 Å². The number of hydrogen-bond donors (Lipinski definition) is 1. The molecule has 3 heterocycles. The van der Waals surface area contributed by atoms with E-state index in [0.29, 0.717) is 40.7 Å². The molecule has 2 aliphatic heterocycles. The van der Waals surface area contributed by atoms with Crippen molar-refractivity contribution < 1.29 is 14.8 Å². The van der Waals surface area contributed by atoms with Crippen LogP contribution in [0.3, 0.4) is 0 Å². The highest BCUT2D eigenvalue weighted by Crippen LogP contribution is 2.49. The Morgan fingerprint density at radius 3 is 2.51 bits per heavy atom. The van der Waals surface area contributed by atoms with Crippen molar-refractivity contribution in [1.29, 1.82) is 0 Å². The van der Waals surface area contributed by atoms with Crippen LogP contribution < -0.4 is 5.69 Å². The molecule has 2 aliphatic rings. The van der Waals surface area contributed by atoms with Crippen molar-refractivity contribution in [3.05, 3.63) is 98.1 Å². The number of nitro groups is 1. The molecule has 1 aromatic heterocycles. The topological polar surface area (TPSA) is 111 Å². The first-order chi connectivity index (χ1) is 17.9. The standard InChI is InChI=1S/C28H26N4O5/c1-2-3-6-17-9-11-18(12-10-17)26(33)29-16-19-15-24(29)25-27(34)31(28(35)30(19)25)22-13-14-23(32(36)37)21-8-5-4-7-20(21)22/h4-5,7-14,19,24,34H,2-3,6,15-16H2,1H3. The van der Waals surface area contributed by atoms with Gasteiger partial charge in [-0.3, -0.25) is 19.5 Å². The summed E-state index contributed by atoms with van der Waals surface area (Å²) in [7, 11) is 0. The zero-order valence-electron chi connectivity index (χ0n) is 20.3. The molecular formula is C28H26N4O5. The molecule has 0 saturated carbocycles. The van der Waals surface area contributed by atoms with E-state index in [4.69, 9.17) is 0 Å². The molecule has 188 valence electrons. The van der Waals surface area contributed by atoms with Crippen LogP contribution in [0.5, 0.6) is 5.88 Å². The molecule has 2 bridgehead atoms. The number of hydrogen-bond acceptors (Lipinski definition) is 5. The molecule has 1 amide bonds. The molecule has 9 heteroatoms. The minimum Gasteiger partial charge on any atom is -0.493 e. The number of fused-ring (bicyclic) bond motifs is 6. The maximum absolute atomic E-state index is 13.5. The average molecular weight is 499 g/mol. The highest BCUT2D eigenvalue weighted by molar-refractivity contribution is 5.97. The normalized spacial score (nSPS) is 17.9. The van der Waals surface area contributed by atoms with Crippen molar-refractivity contribution in [3.63, 3.8) is 0 Å². The SMILES string of the molecule is CCCCc1ccc(C(=O)N2CC3CC2c2c(O)n(-c4ccc([N+](=O)[O-])c5ccccc45)c(=O)n23)cc1. The number of amides is 1. The minimum atomic E-state index is -0.464. The van der Waals surface area contributed by atoms with E-state index in [1.165, 1.54) is 22.3 Å². The summed E-state index contributed by atoms with van der Waals surface area (Å²) in [6.45, 7) is 2.53. The van der Waals surface area contributed by atoms with Gasteiger partial charge in [0.15, 0.2) is 0 Å². The number of imidazole rings is 1. The number of likely N-dealkylation sites (tertiary alicyclic amines) is 1. The van der Waals surface area contributed by atoms with Crippen LogP contribution in [0, 0.1) is 10.1 Å². The van der Waals surface area contributed by atoms with Crippen LogP contribution in [-0.4, -0.2) is 36.5 Å². The van der Waals surface area contributed by atoms with Crippen molar-refractivity contribution in [1.82, 2.24) is 14.0 Å². The van der Waals surface area contributed by atoms with Crippen LogP contribution in [0.2, 0.25) is 0 Å². The van der Waals surface area contributed by atoms with Crippen molar-refractivity contribution in [2.24, 2.45) is 0 Å². The lowest BCUT2D eigenvalue weighted by Gasteiger charge is -2.27. The van der Waals surface area contributed by atoms with E-state index in [-0.39, 0.29) is 23.5 Å². The van der Waals surface area contributed by atoms with Gasteiger partial charge in [0.25, 0.3) is 11.6 Å². The number of nitrogens with zero attached hydrogens (tertiary/aromatic N) is 4. The Morgan fingerprint density at radius 1 is 1.08 bits per heavy atom. The third-order valence-corrected chi connectivity index (χ3v) is 7.65.